The Bertz CT molecular complexity index is 1380. The molecule has 4 atom stereocenters. The van der Waals surface area contributed by atoms with Gasteiger partial charge in [-0.05, 0) is 48.0 Å². The lowest BCUT2D eigenvalue weighted by Crippen LogP contribution is -2.24. The maximum Gasteiger partial charge on any atom is 0.333 e. The number of nitrogens with two attached hydrogens (primary N) is 1. The van der Waals surface area contributed by atoms with Gasteiger partial charge in [-0.3, -0.25) is 13.9 Å². The van der Waals surface area contributed by atoms with E-state index in [0.717, 1.165) is 12.1 Å². The molecule has 2 aliphatic rings. The molecule has 4 N–H and O–H groups in total. The van der Waals surface area contributed by atoms with Crippen LogP contribution in [-0.4, -0.2) is 60.0 Å². The first-order chi connectivity index (χ1) is 17.2. The Labute approximate surface area is 213 Å². The van der Waals surface area contributed by atoms with Gasteiger partial charge < -0.3 is 10.4 Å². The van der Waals surface area contributed by atoms with E-state index in [1.54, 1.807) is 0 Å². The zero-order valence-electron chi connectivity index (χ0n) is 19.6. The summed E-state index contributed by atoms with van der Waals surface area (Å²) in [4.78, 5) is 24.6. The monoisotopic (exact) mass is 529 g/mol. The number of ketones is 1. The highest BCUT2D eigenvalue weighted by atomic mass is 32.2. The lowest BCUT2D eigenvalue weighted by Gasteiger charge is -2.19. The molecular weight excluding hydrogens is 502 g/mol. The van der Waals surface area contributed by atoms with Gasteiger partial charge >= 0.3 is 10.3 Å². The van der Waals surface area contributed by atoms with Crippen molar-refractivity contribution in [3.8, 4) is 0 Å². The normalized spacial score (nSPS) is 24.1. The van der Waals surface area contributed by atoms with Crippen LogP contribution in [-0.2, 0) is 21.0 Å². The van der Waals surface area contributed by atoms with Gasteiger partial charge in [0, 0.05) is 24.7 Å². The third-order valence-electron chi connectivity index (χ3n) is 6.77. The number of rotatable bonds is 8. The predicted octanol–water partition coefficient (Wildman–Crippen LogP) is 2.08. The van der Waals surface area contributed by atoms with Crippen molar-refractivity contribution >= 4 is 33.2 Å². The Morgan fingerprint density at radius 3 is 2.94 bits per heavy atom. The Balaban J connectivity index is 1.32. The molecule has 1 aliphatic heterocycles. The lowest BCUT2D eigenvalue weighted by atomic mass is 9.99. The molecule has 3 aromatic rings. The number of fused-ring (bicyclic) bond motifs is 1. The van der Waals surface area contributed by atoms with Crippen LogP contribution >= 0.6 is 11.3 Å². The van der Waals surface area contributed by atoms with Crippen molar-refractivity contribution in [1.82, 2.24) is 14.9 Å². The molecular formula is C24H27N5O5S2. The molecule has 1 saturated carbocycles. The van der Waals surface area contributed by atoms with Crippen molar-refractivity contribution in [3.63, 3.8) is 0 Å². The van der Waals surface area contributed by atoms with Gasteiger partial charge in [-0.25, -0.2) is 15.1 Å². The number of aliphatic hydroxyl groups excluding tert-OH is 1. The van der Waals surface area contributed by atoms with E-state index < -0.39 is 22.3 Å². The minimum atomic E-state index is -4.08. The molecule has 36 heavy (non-hydrogen) atoms. The second-order valence-corrected chi connectivity index (χ2v) is 11.4. The summed E-state index contributed by atoms with van der Waals surface area (Å²) in [5, 5.41) is 20.5. The second-order valence-electron chi connectivity index (χ2n) is 9.29. The zero-order valence-corrected chi connectivity index (χ0v) is 21.2. The fraction of sp³-hybridized carbons (Fsp3) is 0.375. The average molecular weight is 530 g/mol. The van der Waals surface area contributed by atoms with Crippen molar-refractivity contribution in [2.75, 3.05) is 19.0 Å². The predicted molar refractivity (Wildman–Crippen MR) is 135 cm³/mol. The first kappa shape index (κ1) is 24.9. The molecule has 190 valence electrons. The topological polar surface area (TPSA) is 148 Å². The van der Waals surface area contributed by atoms with Crippen molar-refractivity contribution < 1.29 is 22.5 Å². The Morgan fingerprint density at radius 1 is 1.33 bits per heavy atom. The average Bonchev–Trinajstić information content (AvgIpc) is 3.53. The molecule has 1 aromatic carbocycles. The highest BCUT2D eigenvalue weighted by Crippen LogP contribution is 2.39. The summed E-state index contributed by atoms with van der Waals surface area (Å²) in [5.74, 6) is -0.220. The number of nitrogens with zero attached hydrogens (tertiary/aromatic N) is 3. The summed E-state index contributed by atoms with van der Waals surface area (Å²) in [6, 6.07) is 10.2. The number of benzene rings is 1. The molecule has 0 unspecified atom stereocenters. The van der Waals surface area contributed by atoms with Crippen LogP contribution in [0.25, 0.3) is 0 Å². The fourth-order valence-electron chi connectivity index (χ4n) is 5.11. The molecule has 12 heteroatoms. The maximum atomic E-state index is 13.5. The SMILES string of the molecule is CN1Cc2ccccc2[C@H]1c1csc(C(=O)c2cncnc2N[C@@H]2C[C@H](COS(N)(=O)=O)[C@@H](O)C2)c1. The minimum Gasteiger partial charge on any atom is -0.393 e. The zero-order chi connectivity index (χ0) is 25.4. The first-order valence-electron chi connectivity index (χ1n) is 11.5. The summed E-state index contributed by atoms with van der Waals surface area (Å²) in [5.41, 5.74) is 3.95. The van der Waals surface area contributed by atoms with Gasteiger partial charge in [-0.1, -0.05) is 24.3 Å². The molecule has 0 spiro atoms. The number of nitrogens with one attached hydrogen (secondary N) is 1. The number of thiophene rings is 1. The van der Waals surface area contributed by atoms with Crippen molar-refractivity contribution in [2.45, 2.75) is 37.6 Å². The van der Waals surface area contributed by atoms with E-state index in [9.17, 15) is 18.3 Å². The molecule has 0 saturated heterocycles. The Kier molecular flexibility index (Phi) is 6.90. The summed E-state index contributed by atoms with van der Waals surface area (Å²) < 4.78 is 26.8. The molecule has 0 bridgehead atoms. The van der Waals surface area contributed by atoms with E-state index in [-0.39, 0.29) is 24.5 Å². The van der Waals surface area contributed by atoms with Crippen molar-refractivity contribution in [3.05, 3.63) is 75.4 Å². The number of aliphatic hydroxyl groups is 1. The highest BCUT2D eigenvalue weighted by molar-refractivity contribution is 7.84. The van der Waals surface area contributed by atoms with E-state index in [4.69, 9.17) is 5.14 Å². The van der Waals surface area contributed by atoms with Crippen LogP contribution in [0.2, 0.25) is 0 Å². The number of hydrogen-bond donors (Lipinski definition) is 3. The second kappa shape index (κ2) is 9.96. The Hall–Kier alpha value is -2.74. The molecule has 1 aliphatic carbocycles. The van der Waals surface area contributed by atoms with E-state index >= 15 is 0 Å². The molecule has 5 rings (SSSR count). The quantitative estimate of drug-likeness (QED) is 0.373. The molecule has 3 heterocycles. The van der Waals surface area contributed by atoms with E-state index in [2.05, 4.69) is 43.5 Å². The third kappa shape index (κ3) is 5.19. The number of anilines is 1. The summed E-state index contributed by atoms with van der Waals surface area (Å²) in [7, 11) is -2.01. The molecule has 0 radical (unpaired) electrons. The third-order valence-corrected chi connectivity index (χ3v) is 8.18. The minimum absolute atomic E-state index is 0.0973. The maximum absolute atomic E-state index is 13.5. The van der Waals surface area contributed by atoms with Crippen LogP contribution in [0.5, 0.6) is 0 Å². The van der Waals surface area contributed by atoms with Gasteiger partial charge in [-0.15, -0.1) is 11.3 Å². The molecule has 0 amide bonds. The fourth-order valence-corrected chi connectivity index (χ4v) is 6.35. The summed E-state index contributed by atoms with van der Waals surface area (Å²) in [6.45, 7) is 0.654. The van der Waals surface area contributed by atoms with E-state index in [0.29, 0.717) is 29.1 Å². The standard InChI is InChI=1S/C24H27N5O5S2/c1-29-10-14-4-2-3-5-18(14)22(29)16-7-21(35-12-16)23(31)19-9-26-13-27-24(19)28-17-6-15(20(30)8-17)11-34-36(25,32)33/h2-5,7,9,12-13,15,17,20,22,30H,6,8,10-11H2,1H3,(H2,25,32,33)(H,26,27,28)/t15-,17-,20+,22-/m1/s1. The van der Waals surface area contributed by atoms with Crippen molar-refractivity contribution in [2.24, 2.45) is 11.1 Å². The number of carbonyl (C=O) groups excluding carboxylic acids is 1. The molecule has 2 aromatic heterocycles. The highest BCUT2D eigenvalue weighted by Gasteiger charge is 2.35. The number of hydrogen-bond acceptors (Lipinski definition) is 10. The molecule has 10 nitrogen and oxygen atoms in total. The first-order valence-corrected chi connectivity index (χ1v) is 13.9. The Morgan fingerprint density at radius 2 is 2.14 bits per heavy atom. The summed E-state index contributed by atoms with van der Waals surface area (Å²) in [6.07, 6.45) is 2.87. The van der Waals surface area contributed by atoms with Crippen LogP contribution in [0, 0.1) is 5.92 Å². The van der Waals surface area contributed by atoms with Crippen LogP contribution in [0.1, 0.15) is 50.8 Å². The van der Waals surface area contributed by atoms with Crippen LogP contribution in [0.15, 0.2) is 48.2 Å². The van der Waals surface area contributed by atoms with E-state index in [1.807, 2.05) is 23.6 Å². The van der Waals surface area contributed by atoms with Crippen molar-refractivity contribution in [1.29, 1.82) is 0 Å². The van der Waals surface area contributed by atoms with Crippen LogP contribution in [0.3, 0.4) is 0 Å². The van der Waals surface area contributed by atoms with Crippen LogP contribution in [0.4, 0.5) is 5.82 Å². The van der Waals surface area contributed by atoms with Gasteiger partial charge in [0.05, 0.1) is 29.2 Å². The van der Waals surface area contributed by atoms with E-state index in [1.165, 1.54) is 35.0 Å². The number of carbonyl (C=O) groups is 1. The lowest BCUT2D eigenvalue weighted by molar-refractivity contribution is 0.101. The van der Waals surface area contributed by atoms with Gasteiger partial charge in [0.15, 0.2) is 0 Å². The summed E-state index contributed by atoms with van der Waals surface area (Å²) >= 11 is 1.39. The molecule has 1 fully saturated rings. The smallest absolute Gasteiger partial charge is 0.333 e. The van der Waals surface area contributed by atoms with Gasteiger partial charge in [0.25, 0.3) is 0 Å². The van der Waals surface area contributed by atoms with Gasteiger partial charge in [0.2, 0.25) is 5.78 Å². The number of aromatic nitrogens is 2. The van der Waals surface area contributed by atoms with Crippen LogP contribution < -0.4 is 10.5 Å². The van der Waals surface area contributed by atoms with Gasteiger partial charge in [0.1, 0.15) is 12.1 Å². The largest absolute Gasteiger partial charge is 0.393 e. The van der Waals surface area contributed by atoms with Gasteiger partial charge in [-0.2, -0.15) is 8.42 Å².